The average molecular weight is 291 g/mol. The first-order chi connectivity index (χ1) is 9.69. The lowest BCUT2D eigenvalue weighted by molar-refractivity contribution is 0.499. The van der Waals surface area contributed by atoms with Crippen molar-refractivity contribution in [1.82, 2.24) is 5.32 Å². The Morgan fingerprint density at radius 3 is 2.65 bits per heavy atom. The van der Waals surface area contributed by atoms with Crippen LogP contribution in [0.1, 0.15) is 17.2 Å². The molecule has 104 valence electrons. The van der Waals surface area contributed by atoms with Gasteiger partial charge in [-0.15, -0.1) is 11.8 Å². The van der Waals surface area contributed by atoms with Gasteiger partial charge < -0.3 is 5.32 Å². The summed E-state index contributed by atoms with van der Waals surface area (Å²) in [7, 11) is 1.86. The van der Waals surface area contributed by atoms with Gasteiger partial charge >= 0.3 is 0 Å². The summed E-state index contributed by atoms with van der Waals surface area (Å²) in [5, 5.41) is 3.53. The molecule has 2 unspecified atom stereocenters. The quantitative estimate of drug-likeness (QED) is 0.919. The third kappa shape index (κ3) is 2.45. The third-order valence-electron chi connectivity index (χ3n) is 3.66. The minimum absolute atomic E-state index is 0.00231. The largest absolute Gasteiger partial charge is 0.312 e. The van der Waals surface area contributed by atoms with E-state index in [1.807, 2.05) is 19.2 Å². The summed E-state index contributed by atoms with van der Waals surface area (Å²) in [5.41, 5.74) is 2.11. The number of nitrogens with one attached hydrogen (secondary N) is 1. The van der Waals surface area contributed by atoms with Gasteiger partial charge in [0.05, 0.1) is 0 Å². The molecule has 0 bridgehead atoms. The van der Waals surface area contributed by atoms with Crippen molar-refractivity contribution in [2.24, 2.45) is 0 Å². The molecule has 1 aliphatic rings. The van der Waals surface area contributed by atoms with Crippen LogP contribution in [0.25, 0.3) is 0 Å². The molecule has 0 saturated carbocycles. The Hall–Kier alpha value is -1.39. The van der Waals surface area contributed by atoms with E-state index in [1.54, 1.807) is 17.8 Å². The number of thioether (sulfide) groups is 1. The molecule has 2 atom stereocenters. The van der Waals surface area contributed by atoms with E-state index in [4.69, 9.17) is 0 Å². The number of rotatable bonds is 3. The maximum absolute atomic E-state index is 13.4. The van der Waals surface area contributed by atoms with Gasteiger partial charge in [-0.05, 0) is 42.8 Å². The van der Waals surface area contributed by atoms with Crippen LogP contribution in [0.3, 0.4) is 0 Å². The van der Waals surface area contributed by atoms with Crippen molar-refractivity contribution >= 4 is 11.8 Å². The minimum atomic E-state index is -0.800. The smallest absolute Gasteiger partial charge is 0.159 e. The molecule has 4 heteroatoms. The first-order valence-electron chi connectivity index (χ1n) is 6.56. The van der Waals surface area contributed by atoms with E-state index in [0.29, 0.717) is 5.25 Å². The summed E-state index contributed by atoms with van der Waals surface area (Å²) in [6.07, 6.45) is 0.936. The maximum Gasteiger partial charge on any atom is 0.159 e. The molecule has 0 amide bonds. The molecule has 0 aliphatic carbocycles. The van der Waals surface area contributed by atoms with Crippen LogP contribution < -0.4 is 5.32 Å². The molecule has 1 heterocycles. The van der Waals surface area contributed by atoms with Gasteiger partial charge in [-0.3, -0.25) is 0 Å². The first kappa shape index (κ1) is 13.6. The molecule has 0 spiro atoms. The van der Waals surface area contributed by atoms with Crippen LogP contribution in [0.15, 0.2) is 47.4 Å². The number of hydrogen-bond acceptors (Lipinski definition) is 2. The van der Waals surface area contributed by atoms with Crippen molar-refractivity contribution in [1.29, 1.82) is 0 Å². The molecule has 0 radical (unpaired) electrons. The van der Waals surface area contributed by atoms with Crippen molar-refractivity contribution in [2.45, 2.75) is 22.6 Å². The number of benzene rings is 2. The summed E-state index contributed by atoms with van der Waals surface area (Å²) >= 11 is 1.80. The minimum Gasteiger partial charge on any atom is -0.312 e. The van der Waals surface area contributed by atoms with E-state index in [9.17, 15) is 8.78 Å². The van der Waals surface area contributed by atoms with Crippen molar-refractivity contribution in [3.63, 3.8) is 0 Å². The third-order valence-corrected chi connectivity index (χ3v) is 5.05. The molecule has 1 nitrogen and oxygen atoms in total. The maximum atomic E-state index is 13.4. The van der Waals surface area contributed by atoms with Crippen molar-refractivity contribution in [2.75, 3.05) is 7.05 Å². The van der Waals surface area contributed by atoms with E-state index < -0.39 is 11.6 Å². The van der Waals surface area contributed by atoms with E-state index >= 15 is 0 Å². The molecular weight excluding hydrogens is 276 g/mol. The first-order valence-corrected chi connectivity index (χ1v) is 7.44. The Bertz CT molecular complexity index is 605. The fourth-order valence-electron chi connectivity index (χ4n) is 2.67. The highest BCUT2D eigenvalue weighted by molar-refractivity contribution is 8.00. The van der Waals surface area contributed by atoms with Crippen LogP contribution in [0, 0.1) is 11.6 Å². The second-order valence-electron chi connectivity index (χ2n) is 4.91. The highest BCUT2D eigenvalue weighted by Crippen LogP contribution is 2.42. The molecule has 0 aromatic heterocycles. The van der Waals surface area contributed by atoms with Gasteiger partial charge in [-0.2, -0.15) is 0 Å². The van der Waals surface area contributed by atoms with E-state index in [2.05, 4.69) is 17.4 Å². The van der Waals surface area contributed by atoms with Crippen LogP contribution in [-0.4, -0.2) is 12.3 Å². The molecule has 1 aliphatic heterocycles. The van der Waals surface area contributed by atoms with Gasteiger partial charge in [-0.25, -0.2) is 8.78 Å². The van der Waals surface area contributed by atoms with Gasteiger partial charge in [0, 0.05) is 16.2 Å². The monoisotopic (exact) mass is 291 g/mol. The van der Waals surface area contributed by atoms with Gasteiger partial charge in [-0.1, -0.05) is 24.3 Å². The second-order valence-corrected chi connectivity index (χ2v) is 6.19. The number of fused-ring (bicyclic) bond motifs is 1. The van der Waals surface area contributed by atoms with Crippen LogP contribution in [0.4, 0.5) is 8.78 Å². The fourth-order valence-corrected chi connectivity index (χ4v) is 4.15. The Kier molecular flexibility index (Phi) is 3.76. The van der Waals surface area contributed by atoms with Gasteiger partial charge in [0.1, 0.15) is 0 Å². The van der Waals surface area contributed by atoms with Crippen LogP contribution in [0.5, 0.6) is 0 Å². The summed E-state index contributed by atoms with van der Waals surface area (Å²) in [4.78, 5) is 1.28. The van der Waals surface area contributed by atoms with E-state index in [0.717, 1.165) is 12.0 Å². The Morgan fingerprint density at radius 1 is 1.15 bits per heavy atom. The highest BCUT2D eigenvalue weighted by atomic mass is 32.2. The molecule has 20 heavy (non-hydrogen) atoms. The standard InChI is InChI=1S/C16H15F2NS/c1-19-16(11-6-7-12(17)13(18)8-11)15-9-10-4-2-3-5-14(10)20-15/h2-8,15-16,19H,9H2,1H3. The zero-order valence-electron chi connectivity index (χ0n) is 11.1. The normalized spacial score (nSPS) is 18.9. The lowest BCUT2D eigenvalue weighted by Gasteiger charge is -2.23. The van der Waals surface area contributed by atoms with E-state index in [-0.39, 0.29) is 6.04 Å². The summed E-state index contributed by atoms with van der Waals surface area (Å²) < 4.78 is 26.5. The lowest BCUT2D eigenvalue weighted by Crippen LogP contribution is -2.27. The van der Waals surface area contributed by atoms with Crippen molar-refractivity contribution < 1.29 is 8.78 Å². The zero-order chi connectivity index (χ0) is 14.1. The molecular formula is C16H15F2NS. The molecule has 3 rings (SSSR count). The predicted octanol–water partition coefficient (Wildman–Crippen LogP) is 3.94. The van der Waals surface area contributed by atoms with Crippen LogP contribution in [-0.2, 0) is 6.42 Å². The highest BCUT2D eigenvalue weighted by Gasteiger charge is 2.29. The van der Waals surface area contributed by atoms with E-state index in [1.165, 1.54) is 22.6 Å². The Morgan fingerprint density at radius 2 is 1.95 bits per heavy atom. The van der Waals surface area contributed by atoms with Gasteiger partial charge in [0.25, 0.3) is 0 Å². The summed E-state index contributed by atoms with van der Waals surface area (Å²) in [6, 6.07) is 12.4. The summed E-state index contributed by atoms with van der Waals surface area (Å²) in [6.45, 7) is 0. The fraction of sp³-hybridized carbons (Fsp3) is 0.250. The molecule has 0 saturated heterocycles. The Balaban J connectivity index is 1.87. The van der Waals surface area contributed by atoms with Gasteiger partial charge in [0.2, 0.25) is 0 Å². The molecule has 2 aromatic carbocycles. The molecule has 2 aromatic rings. The Labute approximate surface area is 121 Å². The molecule has 1 N–H and O–H groups in total. The van der Waals surface area contributed by atoms with Crippen LogP contribution in [0.2, 0.25) is 0 Å². The average Bonchev–Trinajstić information content (AvgIpc) is 2.87. The number of hydrogen-bond donors (Lipinski definition) is 1. The SMILES string of the molecule is CNC(c1ccc(F)c(F)c1)C1Cc2ccccc2S1. The lowest BCUT2D eigenvalue weighted by atomic mass is 9.98. The second kappa shape index (κ2) is 5.54. The van der Waals surface area contributed by atoms with Crippen molar-refractivity contribution in [3.05, 3.63) is 65.2 Å². The predicted molar refractivity (Wildman–Crippen MR) is 77.9 cm³/mol. The molecule has 0 fully saturated rings. The van der Waals surface area contributed by atoms with Gasteiger partial charge in [0.15, 0.2) is 11.6 Å². The summed E-state index contributed by atoms with van der Waals surface area (Å²) in [5.74, 6) is -1.59. The van der Waals surface area contributed by atoms with Crippen molar-refractivity contribution in [3.8, 4) is 0 Å². The zero-order valence-corrected chi connectivity index (χ0v) is 11.9. The van der Waals surface area contributed by atoms with Crippen LogP contribution >= 0.6 is 11.8 Å². The number of halogens is 2. The topological polar surface area (TPSA) is 12.0 Å².